The highest BCUT2D eigenvalue weighted by molar-refractivity contribution is 6.74. The first-order chi connectivity index (χ1) is 12.9. The predicted molar refractivity (Wildman–Crippen MR) is 116 cm³/mol. The summed E-state index contributed by atoms with van der Waals surface area (Å²) >= 11 is 0. The van der Waals surface area contributed by atoms with Crippen LogP contribution in [0.3, 0.4) is 0 Å². The van der Waals surface area contributed by atoms with Crippen LogP contribution in [-0.2, 0) is 23.5 Å². The maximum atomic E-state index is 11.8. The zero-order valence-electron chi connectivity index (χ0n) is 19.3. The Labute approximate surface area is 172 Å². The Bertz CT molecular complexity index is 509. The second kappa shape index (κ2) is 12.4. The van der Waals surface area contributed by atoms with Crippen LogP contribution in [0.4, 0.5) is 0 Å². The third kappa shape index (κ3) is 9.84. The maximum Gasteiger partial charge on any atom is 0.330 e. The summed E-state index contributed by atoms with van der Waals surface area (Å²) in [4.78, 5) is 23.6. The molecule has 2 atom stereocenters. The molecule has 1 amide bonds. The van der Waals surface area contributed by atoms with E-state index in [0.717, 1.165) is 12.8 Å². The summed E-state index contributed by atoms with van der Waals surface area (Å²) in [6.45, 7) is 18.8. The van der Waals surface area contributed by atoms with Crippen LogP contribution in [0.15, 0.2) is 12.2 Å². The lowest BCUT2D eigenvalue weighted by molar-refractivity contribution is -0.137. The fourth-order valence-corrected chi connectivity index (χ4v) is 3.37. The highest BCUT2D eigenvalue weighted by atomic mass is 28.4. The van der Waals surface area contributed by atoms with Crippen LogP contribution in [-0.4, -0.2) is 51.7 Å². The molecule has 0 bridgehead atoms. The van der Waals surface area contributed by atoms with Gasteiger partial charge in [-0.05, 0) is 44.0 Å². The summed E-state index contributed by atoms with van der Waals surface area (Å²) in [5.74, 6) is -0.584. The van der Waals surface area contributed by atoms with Gasteiger partial charge in [0.15, 0.2) is 8.32 Å². The van der Waals surface area contributed by atoms with Gasteiger partial charge >= 0.3 is 5.97 Å². The van der Waals surface area contributed by atoms with Gasteiger partial charge in [0.1, 0.15) is 0 Å². The summed E-state index contributed by atoms with van der Waals surface area (Å²) in [5, 5.41) is 3.00. The lowest BCUT2D eigenvalue weighted by atomic mass is 10.1. The molecule has 164 valence electrons. The summed E-state index contributed by atoms with van der Waals surface area (Å²) in [5.41, 5.74) is 0. The summed E-state index contributed by atoms with van der Waals surface area (Å²) in [7, 11) is -2.00. The number of rotatable bonds is 12. The van der Waals surface area contributed by atoms with Crippen molar-refractivity contribution in [2.45, 2.75) is 97.7 Å². The fraction of sp³-hybridized carbons (Fsp3) is 0.810. The van der Waals surface area contributed by atoms with Crippen LogP contribution < -0.4 is 5.32 Å². The van der Waals surface area contributed by atoms with E-state index >= 15 is 0 Å². The van der Waals surface area contributed by atoms with Crippen molar-refractivity contribution in [2.75, 3.05) is 13.2 Å². The van der Waals surface area contributed by atoms with E-state index < -0.39 is 26.4 Å². The molecule has 0 fully saturated rings. The molecule has 0 unspecified atom stereocenters. The van der Waals surface area contributed by atoms with Crippen molar-refractivity contribution >= 4 is 20.2 Å². The first kappa shape index (κ1) is 26.8. The molecule has 0 aromatic heterocycles. The monoisotopic (exact) mass is 415 g/mol. The van der Waals surface area contributed by atoms with E-state index in [1.165, 1.54) is 13.0 Å². The van der Waals surface area contributed by atoms with Crippen molar-refractivity contribution < 1.29 is 23.5 Å². The Morgan fingerprint density at radius 2 is 1.68 bits per heavy atom. The standard InChI is InChI=1S/C21H41NO5Si/c1-10-17(11-2)27-19(13-14-20(24)25-12-3)18(22-16(4)23)15-26-28(8,9)21(5,6)7/h13-14,17-19H,10-12,15H2,1-9H3,(H,22,23)/b14-13+/t18-,19-/m1/s1. The van der Waals surface area contributed by atoms with Gasteiger partial charge in [0.05, 0.1) is 31.5 Å². The minimum atomic E-state index is -2.00. The minimum absolute atomic E-state index is 0.0287. The normalized spacial score (nSPS) is 14.9. The average Bonchev–Trinajstić information content (AvgIpc) is 2.58. The number of amides is 1. The lowest BCUT2D eigenvalue weighted by Gasteiger charge is -2.38. The Kier molecular flexibility index (Phi) is 11.9. The summed E-state index contributed by atoms with van der Waals surface area (Å²) in [6.07, 6.45) is 4.28. The first-order valence-electron chi connectivity index (χ1n) is 10.3. The summed E-state index contributed by atoms with van der Waals surface area (Å²) in [6, 6.07) is -0.391. The first-order valence-corrected chi connectivity index (χ1v) is 13.2. The van der Waals surface area contributed by atoms with Crippen molar-refractivity contribution in [3.8, 4) is 0 Å². The van der Waals surface area contributed by atoms with Gasteiger partial charge in [-0.3, -0.25) is 4.79 Å². The minimum Gasteiger partial charge on any atom is -0.463 e. The molecule has 0 aromatic rings. The molecular weight excluding hydrogens is 374 g/mol. The molecule has 0 saturated carbocycles. The Morgan fingerprint density at radius 3 is 2.11 bits per heavy atom. The van der Waals surface area contributed by atoms with Crippen LogP contribution in [0.1, 0.15) is 61.3 Å². The SMILES string of the molecule is CCOC(=O)/C=C/[C@@H](OC(CC)CC)[C@@H](CO[Si](C)(C)C(C)(C)C)NC(C)=O. The number of carbonyl (C=O) groups is 2. The molecule has 1 N–H and O–H groups in total. The Balaban J connectivity index is 5.56. The quantitative estimate of drug-likeness (QED) is 0.294. The van der Waals surface area contributed by atoms with E-state index in [1.54, 1.807) is 13.0 Å². The number of hydrogen-bond acceptors (Lipinski definition) is 5. The molecule has 0 radical (unpaired) electrons. The fourth-order valence-electron chi connectivity index (χ4n) is 2.34. The number of carbonyl (C=O) groups excluding carboxylic acids is 2. The zero-order valence-corrected chi connectivity index (χ0v) is 20.3. The number of ether oxygens (including phenoxy) is 2. The molecule has 0 aliphatic heterocycles. The Morgan fingerprint density at radius 1 is 1.11 bits per heavy atom. The largest absolute Gasteiger partial charge is 0.463 e. The third-order valence-electron chi connectivity index (χ3n) is 5.18. The second-order valence-corrected chi connectivity index (χ2v) is 13.3. The highest BCUT2D eigenvalue weighted by Gasteiger charge is 2.38. The molecule has 0 aliphatic carbocycles. The van der Waals surface area contributed by atoms with Crippen molar-refractivity contribution in [3.63, 3.8) is 0 Å². The van der Waals surface area contributed by atoms with Crippen LogP contribution >= 0.6 is 0 Å². The second-order valence-electron chi connectivity index (χ2n) is 8.53. The highest BCUT2D eigenvalue weighted by Crippen LogP contribution is 2.36. The number of nitrogens with one attached hydrogen (secondary N) is 1. The van der Waals surface area contributed by atoms with Gasteiger partial charge in [0, 0.05) is 13.0 Å². The van der Waals surface area contributed by atoms with Crippen molar-refractivity contribution in [1.29, 1.82) is 0 Å². The molecule has 28 heavy (non-hydrogen) atoms. The van der Waals surface area contributed by atoms with Crippen molar-refractivity contribution in [2.24, 2.45) is 0 Å². The molecule has 0 spiro atoms. The van der Waals surface area contributed by atoms with E-state index in [-0.39, 0.29) is 17.0 Å². The molecule has 6 nitrogen and oxygen atoms in total. The number of hydrogen-bond donors (Lipinski definition) is 1. The van der Waals surface area contributed by atoms with Crippen LogP contribution in [0, 0.1) is 0 Å². The Hall–Kier alpha value is -1.18. The van der Waals surface area contributed by atoms with Gasteiger partial charge in [-0.25, -0.2) is 4.79 Å². The maximum absolute atomic E-state index is 11.8. The molecule has 0 aromatic carbocycles. The van der Waals surface area contributed by atoms with Gasteiger partial charge in [0.25, 0.3) is 0 Å². The molecule has 0 aliphatic rings. The molecule has 0 saturated heterocycles. The smallest absolute Gasteiger partial charge is 0.330 e. The van der Waals surface area contributed by atoms with E-state index in [9.17, 15) is 9.59 Å². The van der Waals surface area contributed by atoms with Crippen molar-refractivity contribution in [1.82, 2.24) is 5.32 Å². The van der Waals surface area contributed by atoms with Crippen LogP contribution in [0.25, 0.3) is 0 Å². The molecule has 0 heterocycles. The van der Waals surface area contributed by atoms with Gasteiger partial charge < -0.3 is 19.2 Å². The zero-order chi connectivity index (χ0) is 22.0. The lowest BCUT2D eigenvalue weighted by Crippen LogP contribution is -2.51. The van der Waals surface area contributed by atoms with Gasteiger partial charge in [0.2, 0.25) is 5.91 Å². The van der Waals surface area contributed by atoms with Gasteiger partial charge in [-0.15, -0.1) is 0 Å². The van der Waals surface area contributed by atoms with E-state index in [0.29, 0.717) is 13.2 Å². The molecular formula is C21H41NO5Si. The average molecular weight is 416 g/mol. The third-order valence-corrected chi connectivity index (χ3v) is 9.68. The van der Waals surface area contributed by atoms with E-state index in [4.69, 9.17) is 13.9 Å². The van der Waals surface area contributed by atoms with E-state index in [2.05, 4.69) is 53.0 Å². The molecule has 7 heteroatoms. The van der Waals surface area contributed by atoms with Gasteiger partial charge in [-0.1, -0.05) is 34.6 Å². The van der Waals surface area contributed by atoms with Gasteiger partial charge in [-0.2, -0.15) is 0 Å². The number of esters is 1. The topological polar surface area (TPSA) is 73.9 Å². The van der Waals surface area contributed by atoms with Crippen molar-refractivity contribution in [3.05, 3.63) is 12.2 Å². The predicted octanol–water partition coefficient (Wildman–Crippen LogP) is 4.21. The summed E-state index contributed by atoms with van der Waals surface area (Å²) < 4.78 is 17.5. The van der Waals surface area contributed by atoms with Crippen LogP contribution in [0.2, 0.25) is 18.1 Å². The molecule has 0 rings (SSSR count). The van der Waals surface area contributed by atoms with Crippen LogP contribution in [0.5, 0.6) is 0 Å². The van der Waals surface area contributed by atoms with E-state index in [1.807, 2.05) is 0 Å².